The molecule has 2 rings (SSSR count). The van der Waals surface area contributed by atoms with Crippen LogP contribution in [-0.2, 0) is 4.79 Å². The van der Waals surface area contributed by atoms with E-state index in [1.54, 1.807) is 42.5 Å². The summed E-state index contributed by atoms with van der Waals surface area (Å²) in [6.07, 6.45) is 1.30. The van der Waals surface area contributed by atoms with Crippen LogP contribution in [0.4, 0.5) is 17.1 Å². The van der Waals surface area contributed by atoms with Crippen molar-refractivity contribution in [1.82, 2.24) is 0 Å². The Labute approximate surface area is 144 Å². The second kappa shape index (κ2) is 7.90. The summed E-state index contributed by atoms with van der Waals surface area (Å²) in [5, 5.41) is 15.0. The van der Waals surface area contributed by atoms with Crippen molar-refractivity contribution in [2.75, 3.05) is 23.5 Å². The lowest BCUT2D eigenvalue weighted by Gasteiger charge is -2.09. The molecule has 0 bridgehead atoms. The van der Waals surface area contributed by atoms with Crippen LogP contribution in [0.15, 0.2) is 54.2 Å². The first-order valence-electron chi connectivity index (χ1n) is 6.91. The number of halogens is 1. The van der Waals surface area contributed by atoms with Crippen molar-refractivity contribution in [1.29, 1.82) is 5.26 Å². The first-order chi connectivity index (χ1) is 11.5. The molecule has 0 heterocycles. The van der Waals surface area contributed by atoms with Crippen LogP contribution in [0.3, 0.4) is 0 Å². The summed E-state index contributed by atoms with van der Waals surface area (Å²) in [5.41, 5.74) is 7.05. The van der Waals surface area contributed by atoms with Gasteiger partial charge < -0.3 is 21.1 Å². The summed E-state index contributed by atoms with van der Waals surface area (Å²) >= 11 is 5.92. The third kappa shape index (κ3) is 4.18. The highest BCUT2D eigenvalue weighted by atomic mass is 35.5. The third-order valence-electron chi connectivity index (χ3n) is 3.10. The van der Waals surface area contributed by atoms with Crippen LogP contribution >= 0.6 is 11.6 Å². The molecule has 1 amide bonds. The van der Waals surface area contributed by atoms with Gasteiger partial charge in [-0.05, 0) is 30.3 Å². The van der Waals surface area contributed by atoms with E-state index < -0.39 is 5.91 Å². The molecule has 122 valence electrons. The molecular weight excluding hydrogens is 328 g/mol. The van der Waals surface area contributed by atoms with Crippen molar-refractivity contribution < 1.29 is 9.53 Å². The zero-order chi connectivity index (χ0) is 17.5. The van der Waals surface area contributed by atoms with E-state index in [1.165, 1.54) is 13.3 Å². The van der Waals surface area contributed by atoms with Gasteiger partial charge in [-0.15, -0.1) is 0 Å². The van der Waals surface area contributed by atoms with Crippen LogP contribution in [-0.4, -0.2) is 13.0 Å². The van der Waals surface area contributed by atoms with E-state index >= 15 is 0 Å². The van der Waals surface area contributed by atoms with Gasteiger partial charge in [0.05, 0.1) is 23.5 Å². The standard InChI is InChI=1S/C17H15ClN4O2/c1-24-16-5-3-2-4-15(16)22-17(23)11(9-19)10-21-12-6-7-14(20)13(18)8-12/h2-8,10,21H,20H2,1H3,(H,22,23)/b11-10-. The number of rotatable bonds is 5. The van der Waals surface area contributed by atoms with E-state index in [1.807, 2.05) is 6.07 Å². The topological polar surface area (TPSA) is 100 Å². The molecule has 0 unspecified atom stereocenters. The predicted molar refractivity (Wildman–Crippen MR) is 94.8 cm³/mol. The third-order valence-corrected chi connectivity index (χ3v) is 3.43. The van der Waals surface area contributed by atoms with E-state index in [9.17, 15) is 10.1 Å². The lowest BCUT2D eigenvalue weighted by molar-refractivity contribution is -0.112. The zero-order valence-electron chi connectivity index (χ0n) is 12.8. The number of nitrogens with one attached hydrogen (secondary N) is 2. The largest absolute Gasteiger partial charge is 0.495 e. The number of nitrogens with zero attached hydrogens (tertiary/aromatic N) is 1. The van der Waals surface area contributed by atoms with Gasteiger partial charge in [-0.3, -0.25) is 4.79 Å². The molecule has 0 spiro atoms. The predicted octanol–water partition coefficient (Wildman–Crippen LogP) is 3.39. The van der Waals surface area contributed by atoms with Gasteiger partial charge in [-0.25, -0.2) is 0 Å². The Morgan fingerprint density at radius 3 is 2.75 bits per heavy atom. The minimum Gasteiger partial charge on any atom is -0.495 e. The van der Waals surface area contributed by atoms with Crippen LogP contribution in [0.1, 0.15) is 0 Å². The molecule has 7 heteroatoms. The van der Waals surface area contributed by atoms with Gasteiger partial charge in [-0.2, -0.15) is 5.26 Å². The van der Waals surface area contributed by atoms with E-state index in [0.29, 0.717) is 27.8 Å². The number of amides is 1. The summed E-state index contributed by atoms with van der Waals surface area (Å²) in [6.45, 7) is 0. The quantitative estimate of drug-likeness (QED) is 0.439. The number of carbonyl (C=O) groups is 1. The summed E-state index contributed by atoms with van der Waals surface area (Å²) < 4.78 is 5.15. The lowest BCUT2D eigenvalue weighted by atomic mass is 10.2. The van der Waals surface area contributed by atoms with Crippen molar-refractivity contribution in [2.24, 2.45) is 0 Å². The number of nitrogen functional groups attached to an aromatic ring is 1. The molecule has 0 saturated heterocycles. The molecule has 0 aliphatic carbocycles. The van der Waals surface area contributed by atoms with Gasteiger partial charge in [0.2, 0.25) is 0 Å². The van der Waals surface area contributed by atoms with Crippen molar-refractivity contribution >= 4 is 34.6 Å². The fourth-order valence-corrected chi connectivity index (χ4v) is 2.04. The molecule has 0 radical (unpaired) electrons. The Bertz CT molecular complexity index is 828. The number of nitriles is 1. The Hall–Kier alpha value is -3.17. The number of benzene rings is 2. The average Bonchev–Trinajstić information content (AvgIpc) is 2.59. The summed E-state index contributed by atoms with van der Waals surface area (Å²) in [7, 11) is 1.50. The Kier molecular flexibility index (Phi) is 5.66. The van der Waals surface area contributed by atoms with Crippen LogP contribution in [0.2, 0.25) is 5.02 Å². The molecule has 0 fully saturated rings. The number of hydrogen-bond acceptors (Lipinski definition) is 5. The van der Waals surface area contributed by atoms with Crippen LogP contribution in [0.5, 0.6) is 5.75 Å². The molecule has 2 aromatic carbocycles. The van der Waals surface area contributed by atoms with E-state index in [4.69, 9.17) is 22.1 Å². The van der Waals surface area contributed by atoms with E-state index in [0.717, 1.165) is 0 Å². The first kappa shape index (κ1) is 17.2. The molecule has 0 aromatic heterocycles. The minimum atomic E-state index is -0.559. The molecule has 24 heavy (non-hydrogen) atoms. The normalized spacial score (nSPS) is 10.6. The fourth-order valence-electron chi connectivity index (χ4n) is 1.86. The van der Waals surface area contributed by atoms with Crippen molar-refractivity contribution in [3.63, 3.8) is 0 Å². The van der Waals surface area contributed by atoms with Gasteiger partial charge >= 0.3 is 0 Å². The van der Waals surface area contributed by atoms with Crippen molar-refractivity contribution in [3.8, 4) is 11.8 Å². The Morgan fingerprint density at radius 1 is 1.33 bits per heavy atom. The highest BCUT2D eigenvalue weighted by molar-refractivity contribution is 6.33. The van der Waals surface area contributed by atoms with Gasteiger partial charge in [0, 0.05) is 11.9 Å². The Morgan fingerprint density at radius 2 is 2.08 bits per heavy atom. The second-order valence-electron chi connectivity index (χ2n) is 4.70. The molecule has 0 aliphatic heterocycles. The van der Waals surface area contributed by atoms with Gasteiger partial charge in [0.15, 0.2) is 0 Å². The minimum absolute atomic E-state index is 0.103. The number of para-hydroxylation sites is 2. The maximum absolute atomic E-state index is 12.2. The summed E-state index contributed by atoms with van der Waals surface area (Å²) in [6, 6.07) is 13.7. The smallest absolute Gasteiger partial charge is 0.267 e. The van der Waals surface area contributed by atoms with Crippen LogP contribution < -0.4 is 21.1 Å². The monoisotopic (exact) mass is 342 g/mol. The summed E-state index contributed by atoms with van der Waals surface area (Å²) in [4.78, 5) is 12.2. The maximum atomic E-state index is 12.2. The number of methoxy groups -OCH3 is 1. The highest BCUT2D eigenvalue weighted by Gasteiger charge is 2.12. The number of hydrogen-bond donors (Lipinski definition) is 3. The average molecular weight is 343 g/mol. The number of ether oxygens (including phenoxy) is 1. The van der Waals surface area contributed by atoms with Gasteiger partial charge in [0.1, 0.15) is 17.4 Å². The molecule has 2 aromatic rings. The van der Waals surface area contributed by atoms with Crippen LogP contribution in [0, 0.1) is 11.3 Å². The molecule has 0 saturated carbocycles. The molecule has 0 atom stereocenters. The molecule has 4 N–H and O–H groups in total. The maximum Gasteiger partial charge on any atom is 0.267 e. The van der Waals surface area contributed by atoms with Crippen molar-refractivity contribution in [2.45, 2.75) is 0 Å². The molecule has 0 aliphatic rings. The Balaban J connectivity index is 2.13. The lowest BCUT2D eigenvalue weighted by Crippen LogP contribution is -2.15. The van der Waals surface area contributed by atoms with E-state index in [-0.39, 0.29) is 5.57 Å². The highest BCUT2D eigenvalue weighted by Crippen LogP contribution is 2.24. The SMILES string of the molecule is COc1ccccc1NC(=O)/C(C#N)=C\Nc1ccc(N)c(Cl)c1. The van der Waals surface area contributed by atoms with Crippen molar-refractivity contribution in [3.05, 3.63) is 59.3 Å². The number of nitrogens with two attached hydrogens (primary N) is 1. The number of anilines is 3. The zero-order valence-corrected chi connectivity index (χ0v) is 13.6. The van der Waals surface area contributed by atoms with Gasteiger partial charge in [0.25, 0.3) is 5.91 Å². The van der Waals surface area contributed by atoms with E-state index in [2.05, 4.69) is 10.6 Å². The number of carbonyl (C=O) groups excluding carboxylic acids is 1. The van der Waals surface area contributed by atoms with Gasteiger partial charge in [-0.1, -0.05) is 23.7 Å². The molecule has 6 nitrogen and oxygen atoms in total. The molecular formula is C17H15ClN4O2. The fraction of sp³-hybridized carbons (Fsp3) is 0.0588. The second-order valence-corrected chi connectivity index (χ2v) is 5.11. The first-order valence-corrected chi connectivity index (χ1v) is 7.29. The van der Waals surface area contributed by atoms with Crippen LogP contribution in [0.25, 0.3) is 0 Å². The summed E-state index contributed by atoms with van der Waals surface area (Å²) in [5.74, 6) is -0.0579.